The minimum absolute atomic E-state index is 0.0121. The van der Waals surface area contributed by atoms with Crippen LogP contribution in [0.3, 0.4) is 0 Å². The smallest absolute Gasteiger partial charge is 0.252 e. The Kier molecular flexibility index (Phi) is 4.58. The summed E-state index contributed by atoms with van der Waals surface area (Å²) in [5.41, 5.74) is 2.67. The quantitative estimate of drug-likeness (QED) is 0.898. The largest absolute Gasteiger partial charge is 0.368 e. The van der Waals surface area contributed by atoms with Gasteiger partial charge in [-0.2, -0.15) is 5.10 Å². The van der Waals surface area contributed by atoms with Crippen LogP contribution in [0.15, 0.2) is 18.5 Å². The van der Waals surface area contributed by atoms with Gasteiger partial charge in [-0.3, -0.25) is 9.89 Å². The zero-order valence-electron chi connectivity index (χ0n) is 15.2. The molecule has 2 fully saturated rings. The molecule has 8 nitrogen and oxygen atoms in total. The summed E-state index contributed by atoms with van der Waals surface area (Å²) in [7, 11) is 3.82. The lowest BCUT2D eigenvalue weighted by atomic mass is 10.0. The van der Waals surface area contributed by atoms with Gasteiger partial charge in [0, 0.05) is 39.0 Å². The minimum atomic E-state index is -0.290. The maximum Gasteiger partial charge on any atom is 0.252 e. The first-order valence-corrected chi connectivity index (χ1v) is 9.11. The van der Waals surface area contributed by atoms with Crippen LogP contribution in [-0.4, -0.2) is 64.3 Å². The topological polar surface area (TPSA) is 87.2 Å². The van der Waals surface area contributed by atoms with Gasteiger partial charge in [-0.25, -0.2) is 9.97 Å². The summed E-state index contributed by atoms with van der Waals surface area (Å²) in [6.45, 7) is 1.44. The van der Waals surface area contributed by atoms with Gasteiger partial charge in [-0.15, -0.1) is 0 Å². The first-order valence-electron chi connectivity index (χ1n) is 9.11. The Hall–Kier alpha value is -2.48. The maximum atomic E-state index is 12.9. The third-order valence-corrected chi connectivity index (χ3v) is 5.06. The number of hydrogen-bond donors (Lipinski definition) is 1. The minimum Gasteiger partial charge on any atom is -0.368 e. The predicted octanol–water partition coefficient (Wildman–Crippen LogP) is 1.78. The number of anilines is 1. The van der Waals surface area contributed by atoms with E-state index in [1.165, 1.54) is 0 Å². The van der Waals surface area contributed by atoms with Crippen LogP contribution in [-0.2, 0) is 9.53 Å². The van der Waals surface area contributed by atoms with Gasteiger partial charge in [0.1, 0.15) is 6.10 Å². The van der Waals surface area contributed by atoms with Crippen molar-refractivity contribution < 1.29 is 9.53 Å². The SMILES string of the molecule is CN(C)c1nccc(-c2cn[nH]c2[C@@H]2CCCN2C(=O)[C@H]2CCCO2)n1. The van der Waals surface area contributed by atoms with E-state index < -0.39 is 0 Å². The molecule has 4 heterocycles. The number of H-pyrrole nitrogens is 1. The second-order valence-electron chi connectivity index (χ2n) is 7.02. The van der Waals surface area contributed by atoms with Gasteiger partial charge in [0.05, 0.1) is 23.6 Å². The normalized spacial score (nSPS) is 22.8. The fourth-order valence-corrected chi connectivity index (χ4v) is 3.76. The zero-order valence-corrected chi connectivity index (χ0v) is 15.2. The first kappa shape index (κ1) is 17.0. The average molecular weight is 356 g/mol. The van der Waals surface area contributed by atoms with Gasteiger partial charge in [0.15, 0.2) is 0 Å². The summed E-state index contributed by atoms with van der Waals surface area (Å²) in [4.78, 5) is 25.6. The molecular formula is C18H24N6O2. The van der Waals surface area contributed by atoms with E-state index >= 15 is 0 Å². The molecular weight excluding hydrogens is 332 g/mol. The molecule has 1 amide bonds. The van der Waals surface area contributed by atoms with Crippen LogP contribution in [0.25, 0.3) is 11.3 Å². The number of aromatic nitrogens is 4. The number of amides is 1. The predicted molar refractivity (Wildman–Crippen MR) is 96.6 cm³/mol. The van der Waals surface area contributed by atoms with Crippen LogP contribution in [0.5, 0.6) is 0 Å². The van der Waals surface area contributed by atoms with Crippen LogP contribution in [0.1, 0.15) is 37.4 Å². The number of hydrogen-bond acceptors (Lipinski definition) is 6. The Bertz CT molecular complexity index is 783. The van der Waals surface area contributed by atoms with E-state index in [1.807, 2.05) is 30.0 Å². The summed E-state index contributed by atoms with van der Waals surface area (Å²) >= 11 is 0. The molecule has 2 aromatic heterocycles. The zero-order chi connectivity index (χ0) is 18.1. The monoisotopic (exact) mass is 356 g/mol. The Balaban J connectivity index is 1.63. The molecule has 2 aliphatic rings. The highest BCUT2D eigenvalue weighted by Crippen LogP contribution is 2.37. The highest BCUT2D eigenvalue weighted by molar-refractivity contribution is 5.82. The molecule has 0 saturated carbocycles. The second-order valence-corrected chi connectivity index (χ2v) is 7.02. The molecule has 0 bridgehead atoms. The average Bonchev–Trinajstić information content (AvgIpc) is 3.41. The highest BCUT2D eigenvalue weighted by Gasteiger charge is 2.37. The Morgan fingerprint density at radius 2 is 2.23 bits per heavy atom. The molecule has 0 unspecified atom stereocenters. The molecule has 2 saturated heterocycles. The lowest BCUT2D eigenvalue weighted by molar-refractivity contribution is -0.142. The van der Waals surface area contributed by atoms with E-state index in [2.05, 4.69) is 20.2 Å². The van der Waals surface area contributed by atoms with Crippen molar-refractivity contribution in [3.05, 3.63) is 24.2 Å². The lowest BCUT2D eigenvalue weighted by Gasteiger charge is -2.27. The van der Waals surface area contributed by atoms with Crippen molar-refractivity contribution in [2.24, 2.45) is 0 Å². The van der Waals surface area contributed by atoms with E-state index in [-0.39, 0.29) is 18.1 Å². The number of likely N-dealkylation sites (tertiary alicyclic amines) is 1. The van der Waals surface area contributed by atoms with Gasteiger partial charge in [0.2, 0.25) is 5.95 Å². The fourth-order valence-electron chi connectivity index (χ4n) is 3.76. The molecule has 0 aromatic carbocycles. The van der Waals surface area contributed by atoms with E-state index in [4.69, 9.17) is 4.74 Å². The lowest BCUT2D eigenvalue weighted by Crippen LogP contribution is -2.38. The van der Waals surface area contributed by atoms with Crippen molar-refractivity contribution in [3.63, 3.8) is 0 Å². The summed E-state index contributed by atoms with van der Waals surface area (Å²) < 4.78 is 5.61. The van der Waals surface area contributed by atoms with Gasteiger partial charge in [0.25, 0.3) is 5.91 Å². The van der Waals surface area contributed by atoms with Crippen molar-refractivity contribution in [3.8, 4) is 11.3 Å². The summed E-state index contributed by atoms with van der Waals surface area (Å²) in [5.74, 6) is 0.746. The number of rotatable bonds is 4. The van der Waals surface area contributed by atoms with Crippen molar-refractivity contribution in [2.45, 2.75) is 37.8 Å². The number of aromatic amines is 1. The van der Waals surface area contributed by atoms with Gasteiger partial charge < -0.3 is 14.5 Å². The molecule has 138 valence electrons. The van der Waals surface area contributed by atoms with Crippen LogP contribution >= 0.6 is 0 Å². The molecule has 0 radical (unpaired) electrons. The molecule has 26 heavy (non-hydrogen) atoms. The van der Waals surface area contributed by atoms with Crippen LogP contribution in [0, 0.1) is 0 Å². The maximum absolute atomic E-state index is 12.9. The summed E-state index contributed by atoms with van der Waals surface area (Å²) in [6, 6.07) is 1.87. The highest BCUT2D eigenvalue weighted by atomic mass is 16.5. The summed E-state index contributed by atoms with van der Waals surface area (Å²) in [5, 5.41) is 7.35. The molecule has 0 spiro atoms. The molecule has 2 atom stereocenters. The van der Waals surface area contributed by atoms with E-state index in [1.54, 1.807) is 12.4 Å². The third-order valence-electron chi connectivity index (χ3n) is 5.06. The van der Waals surface area contributed by atoms with E-state index in [0.717, 1.165) is 49.2 Å². The third kappa shape index (κ3) is 3.05. The van der Waals surface area contributed by atoms with Crippen LogP contribution < -0.4 is 4.90 Å². The van der Waals surface area contributed by atoms with Crippen molar-refractivity contribution in [1.29, 1.82) is 0 Å². The Labute approximate surface area is 152 Å². The van der Waals surface area contributed by atoms with E-state index in [9.17, 15) is 4.79 Å². The van der Waals surface area contributed by atoms with Gasteiger partial charge >= 0.3 is 0 Å². The number of carbonyl (C=O) groups is 1. The van der Waals surface area contributed by atoms with Crippen LogP contribution in [0.2, 0.25) is 0 Å². The van der Waals surface area contributed by atoms with E-state index in [0.29, 0.717) is 12.6 Å². The number of nitrogens with zero attached hydrogens (tertiary/aromatic N) is 5. The standard InChI is InChI=1S/C18H24N6O2/c1-23(2)18-19-8-7-13(21-18)12-11-20-22-16(12)14-5-3-9-24(14)17(25)15-6-4-10-26-15/h7-8,11,14-15H,3-6,9-10H2,1-2H3,(H,20,22)/t14-,15+/m0/s1. The van der Waals surface area contributed by atoms with Crippen molar-refractivity contribution >= 4 is 11.9 Å². The van der Waals surface area contributed by atoms with Crippen LogP contribution in [0.4, 0.5) is 5.95 Å². The molecule has 1 N–H and O–H groups in total. The first-order chi connectivity index (χ1) is 12.6. The molecule has 0 aliphatic carbocycles. The summed E-state index contributed by atoms with van der Waals surface area (Å²) in [6.07, 6.45) is 6.91. The number of carbonyl (C=O) groups excluding carboxylic acids is 1. The molecule has 2 aromatic rings. The number of ether oxygens (including phenoxy) is 1. The second kappa shape index (κ2) is 7.03. The molecule has 4 rings (SSSR count). The Morgan fingerprint density at radius 1 is 1.35 bits per heavy atom. The van der Waals surface area contributed by atoms with Crippen molar-refractivity contribution in [2.75, 3.05) is 32.1 Å². The molecule has 8 heteroatoms. The molecule has 2 aliphatic heterocycles. The fraction of sp³-hybridized carbons (Fsp3) is 0.556. The Morgan fingerprint density at radius 3 is 3.00 bits per heavy atom. The number of nitrogens with one attached hydrogen (secondary N) is 1. The van der Waals surface area contributed by atoms with Gasteiger partial charge in [-0.05, 0) is 31.7 Å². The van der Waals surface area contributed by atoms with Crippen molar-refractivity contribution in [1.82, 2.24) is 25.1 Å². The van der Waals surface area contributed by atoms with Gasteiger partial charge in [-0.1, -0.05) is 0 Å².